The highest BCUT2D eigenvalue weighted by molar-refractivity contribution is 6.04. The molecule has 0 spiro atoms. The van der Waals surface area contributed by atoms with Crippen LogP contribution in [0, 0.1) is 0 Å². The lowest BCUT2D eigenvalue weighted by atomic mass is 9.86. The number of anilines is 2. The van der Waals surface area contributed by atoms with Crippen molar-refractivity contribution >= 4 is 23.4 Å². The van der Waals surface area contributed by atoms with Gasteiger partial charge in [0.1, 0.15) is 0 Å². The summed E-state index contributed by atoms with van der Waals surface area (Å²) in [5.74, 6) is -0.622. The third-order valence-electron chi connectivity index (χ3n) is 5.30. The van der Waals surface area contributed by atoms with E-state index in [0.717, 1.165) is 16.9 Å². The Morgan fingerprint density at radius 1 is 1.07 bits per heavy atom. The van der Waals surface area contributed by atoms with Gasteiger partial charge in [-0.25, -0.2) is 4.79 Å². The maximum Gasteiger partial charge on any atom is 0.326 e. The van der Waals surface area contributed by atoms with Crippen LogP contribution in [-0.4, -0.2) is 25.2 Å². The van der Waals surface area contributed by atoms with Crippen molar-refractivity contribution < 1.29 is 14.3 Å². The highest BCUT2D eigenvalue weighted by Crippen LogP contribution is 2.39. The number of hydrogen-bond acceptors (Lipinski definition) is 3. The molecule has 0 bridgehead atoms. The number of methoxy groups -OCH3 is 1. The van der Waals surface area contributed by atoms with Gasteiger partial charge in [-0.1, -0.05) is 51.1 Å². The fourth-order valence-electron chi connectivity index (χ4n) is 3.72. The van der Waals surface area contributed by atoms with E-state index in [-0.39, 0.29) is 29.4 Å². The molecule has 0 aromatic heterocycles. The molecule has 28 heavy (non-hydrogen) atoms. The van der Waals surface area contributed by atoms with Gasteiger partial charge < -0.3 is 10.1 Å². The highest BCUT2D eigenvalue weighted by Gasteiger charge is 2.37. The Labute approximate surface area is 166 Å². The number of carbonyl (C=O) groups excluding carboxylic acids is 2. The standard InChI is InChI=1S/C23H28N2O3/c1-15-14-19(21(26)28-5)18-8-6-7-9-20(18)25(15)22(27)24-17-12-10-16(11-13-17)23(2,3)4/h6-13,15,19H,14H2,1-5H3,(H,24,27). The van der Waals surface area contributed by atoms with Crippen LogP contribution in [0.3, 0.4) is 0 Å². The van der Waals surface area contributed by atoms with Gasteiger partial charge in [-0.2, -0.15) is 0 Å². The third kappa shape index (κ3) is 3.88. The lowest BCUT2D eigenvalue weighted by Crippen LogP contribution is -2.46. The first-order valence-corrected chi connectivity index (χ1v) is 9.60. The van der Waals surface area contributed by atoms with Crippen LogP contribution in [0.4, 0.5) is 16.2 Å². The Kier molecular flexibility index (Phi) is 5.45. The van der Waals surface area contributed by atoms with E-state index in [1.54, 1.807) is 4.90 Å². The lowest BCUT2D eigenvalue weighted by molar-refractivity contribution is -0.142. The van der Waals surface area contributed by atoms with Gasteiger partial charge in [-0.15, -0.1) is 0 Å². The maximum absolute atomic E-state index is 13.1. The molecule has 2 aromatic carbocycles. The summed E-state index contributed by atoms with van der Waals surface area (Å²) in [6.07, 6.45) is 0.528. The predicted molar refractivity (Wildman–Crippen MR) is 112 cm³/mol. The Hall–Kier alpha value is -2.82. The van der Waals surface area contributed by atoms with E-state index >= 15 is 0 Å². The van der Waals surface area contributed by atoms with Crippen LogP contribution in [0.5, 0.6) is 0 Å². The molecule has 3 rings (SSSR count). The number of esters is 1. The van der Waals surface area contributed by atoms with Crippen LogP contribution in [0.1, 0.15) is 51.2 Å². The number of urea groups is 1. The molecule has 1 N–H and O–H groups in total. The summed E-state index contributed by atoms with van der Waals surface area (Å²) >= 11 is 0. The molecule has 1 aliphatic heterocycles. The van der Waals surface area contributed by atoms with Gasteiger partial charge in [-0.3, -0.25) is 9.69 Å². The van der Waals surface area contributed by atoms with Gasteiger partial charge in [-0.05, 0) is 48.1 Å². The van der Waals surface area contributed by atoms with Crippen LogP contribution >= 0.6 is 0 Å². The minimum Gasteiger partial charge on any atom is -0.469 e. The van der Waals surface area contributed by atoms with Gasteiger partial charge in [0, 0.05) is 17.4 Å². The zero-order valence-electron chi connectivity index (χ0n) is 17.2. The summed E-state index contributed by atoms with van der Waals surface area (Å²) < 4.78 is 4.97. The second-order valence-electron chi connectivity index (χ2n) is 8.35. The average molecular weight is 380 g/mol. The molecule has 2 atom stereocenters. The number of nitrogens with zero attached hydrogens (tertiary/aromatic N) is 1. The molecule has 0 saturated carbocycles. The van der Waals surface area contributed by atoms with E-state index in [0.29, 0.717) is 6.42 Å². The van der Waals surface area contributed by atoms with Crippen LogP contribution in [-0.2, 0) is 14.9 Å². The smallest absolute Gasteiger partial charge is 0.326 e. The van der Waals surface area contributed by atoms with Crippen molar-refractivity contribution in [2.45, 2.75) is 51.5 Å². The van der Waals surface area contributed by atoms with Gasteiger partial charge >= 0.3 is 12.0 Å². The molecule has 1 aliphatic rings. The number of nitrogens with one attached hydrogen (secondary N) is 1. The Morgan fingerprint density at radius 2 is 1.71 bits per heavy atom. The second-order valence-corrected chi connectivity index (χ2v) is 8.35. The molecular weight excluding hydrogens is 352 g/mol. The molecule has 2 amide bonds. The molecule has 0 radical (unpaired) electrons. The number of rotatable bonds is 2. The van der Waals surface area contributed by atoms with Crippen molar-refractivity contribution in [1.82, 2.24) is 0 Å². The van der Waals surface area contributed by atoms with Crippen molar-refractivity contribution in [3.63, 3.8) is 0 Å². The van der Waals surface area contributed by atoms with E-state index in [9.17, 15) is 9.59 Å². The van der Waals surface area contributed by atoms with E-state index in [1.807, 2.05) is 55.5 Å². The van der Waals surface area contributed by atoms with Crippen molar-refractivity contribution in [2.24, 2.45) is 0 Å². The molecule has 2 unspecified atom stereocenters. The van der Waals surface area contributed by atoms with Gasteiger partial charge in [0.2, 0.25) is 0 Å². The molecule has 0 aliphatic carbocycles. The van der Waals surface area contributed by atoms with Gasteiger partial charge in [0.15, 0.2) is 0 Å². The summed E-state index contributed by atoms with van der Waals surface area (Å²) in [5, 5.41) is 2.99. The first-order chi connectivity index (χ1) is 13.2. The number of hydrogen-bond donors (Lipinski definition) is 1. The SMILES string of the molecule is COC(=O)C1CC(C)N(C(=O)Nc2ccc(C(C)(C)C)cc2)c2ccccc21. The van der Waals surface area contributed by atoms with Crippen molar-refractivity contribution in [3.05, 3.63) is 59.7 Å². The number of para-hydroxylation sites is 1. The van der Waals surface area contributed by atoms with E-state index < -0.39 is 0 Å². The Balaban J connectivity index is 1.86. The van der Waals surface area contributed by atoms with Crippen LogP contribution in [0.25, 0.3) is 0 Å². The molecule has 0 fully saturated rings. The molecule has 5 heteroatoms. The van der Waals surface area contributed by atoms with E-state index in [2.05, 4.69) is 26.1 Å². The number of amides is 2. The van der Waals surface area contributed by atoms with Crippen LogP contribution < -0.4 is 10.2 Å². The maximum atomic E-state index is 13.1. The first-order valence-electron chi connectivity index (χ1n) is 9.60. The second kappa shape index (κ2) is 7.66. The monoisotopic (exact) mass is 380 g/mol. The van der Waals surface area contributed by atoms with Crippen molar-refractivity contribution in [3.8, 4) is 0 Å². The number of ether oxygens (including phenoxy) is 1. The minimum atomic E-state index is -0.355. The third-order valence-corrected chi connectivity index (χ3v) is 5.30. The predicted octanol–water partition coefficient (Wildman–Crippen LogP) is 5.07. The van der Waals surface area contributed by atoms with Gasteiger partial charge in [0.05, 0.1) is 13.0 Å². The normalized spacial score (nSPS) is 19.0. The number of fused-ring (bicyclic) bond motifs is 1. The highest BCUT2D eigenvalue weighted by atomic mass is 16.5. The summed E-state index contributed by atoms with van der Waals surface area (Å²) in [6, 6.07) is 15.1. The summed E-state index contributed by atoms with van der Waals surface area (Å²) in [5.41, 5.74) is 3.60. The molecule has 0 saturated heterocycles. The fourth-order valence-corrected chi connectivity index (χ4v) is 3.72. The number of benzene rings is 2. The van der Waals surface area contributed by atoms with Gasteiger partial charge in [0.25, 0.3) is 0 Å². The zero-order valence-corrected chi connectivity index (χ0v) is 17.2. The minimum absolute atomic E-state index is 0.0613. The first kappa shape index (κ1) is 19.9. The van der Waals surface area contributed by atoms with E-state index in [4.69, 9.17) is 4.74 Å². The van der Waals surface area contributed by atoms with Crippen LogP contribution in [0.2, 0.25) is 0 Å². The molecule has 148 valence electrons. The molecular formula is C23H28N2O3. The van der Waals surface area contributed by atoms with Crippen molar-refractivity contribution in [2.75, 3.05) is 17.3 Å². The fraction of sp³-hybridized carbons (Fsp3) is 0.391. The average Bonchev–Trinajstić information content (AvgIpc) is 2.66. The van der Waals surface area contributed by atoms with Crippen LogP contribution in [0.15, 0.2) is 48.5 Å². The molecule has 1 heterocycles. The van der Waals surface area contributed by atoms with Crippen molar-refractivity contribution in [1.29, 1.82) is 0 Å². The molecule has 2 aromatic rings. The molecule has 5 nitrogen and oxygen atoms in total. The Bertz CT molecular complexity index is 868. The zero-order chi connectivity index (χ0) is 20.5. The lowest BCUT2D eigenvalue weighted by Gasteiger charge is -2.38. The summed E-state index contributed by atoms with van der Waals surface area (Å²) in [7, 11) is 1.40. The van der Waals surface area contributed by atoms with E-state index in [1.165, 1.54) is 12.7 Å². The Morgan fingerprint density at radius 3 is 2.32 bits per heavy atom. The number of carbonyl (C=O) groups is 2. The topological polar surface area (TPSA) is 58.6 Å². The summed E-state index contributed by atoms with van der Waals surface area (Å²) in [4.78, 5) is 27.0. The largest absolute Gasteiger partial charge is 0.469 e. The summed E-state index contributed by atoms with van der Waals surface area (Å²) in [6.45, 7) is 8.42. The quantitative estimate of drug-likeness (QED) is 0.740.